The molecule has 4 heteroatoms. The highest BCUT2D eigenvalue weighted by atomic mass is 16.4. The maximum atomic E-state index is 10.9. The van der Waals surface area contributed by atoms with Crippen molar-refractivity contribution in [3.05, 3.63) is 0 Å². The number of carboxylic acids is 1. The summed E-state index contributed by atoms with van der Waals surface area (Å²) in [6.07, 6.45) is 5.73. The van der Waals surface area contributed by atoms with E-state index in [4.69, 9.17) is 5.11 Å². The summed E-state index contributed by atoms with van der Waals surface area (Å²) in [4.78, 5) is 23.3. The molecule has 3 atom stereocenters. The van der Waals surface area contributed by atoms with Crippen LogP contribution in [0.5, 0.6) is 0 Å². The van der Waals surface area contributed by atoms with Gasteiger partial charge in [-0.25, -0.2) is 4.79 Å². The van der Waals surface area contributed by atoms with Crippen molar-refractivity contribution in [2.45, 2.75) is 44.2 Å². The molecule has 0 spiro atoms. The van der Waals surface area contributed by atoms with Crippen LogP contribution >= 0.6 is 0 Å². The van der Waals surface area contributed by atoms with Crippen LogP contribution in [0, 0.1) is 5.92 Å². The summed E-state index contributed by atoms with van der Waals surface area (Å²) in [6.45, 7) is 0. The Hall–Kier alpha value is -1.06. The summed E-state index contributed by atoms with van der Waals surface area (Å²) in [6, 6.07) is -0.372. The van der Waals surface area contributed by atoms with Crippen LogP contribution in [0.4, 0.5) is 0 Å². The molecular formula is C10H15NO3. The summed E-state index contributed by atoms with van der Waals surface area (Å²) in [5.41, 5.74) is 0. The molecule has 1 N–H and O–H groups in total. The molecule has 1 heterocycles. The van der Waals surface area contributed by atoms with Gasteiger partial charge in [0.2, 0.25) is 6.41 Å². The number of carboxylic acid groups (broad SMARTS) is 1. The molecule has 0 radical (unpaired) electrons. The van der Waals surface area contributed by atoms with Crippen molar-refractivity contribution in [3.8, 4) is 0 Å². The minimum atomic E-state index is -0.855. The van der Waals surface area contributed by atoms with Gasteiger partial charge in [0.15, 0.2) is 0 Å². The van der Waals surface area contributed by atoms with Gasteiger partial charge in [0.1, 0.15) is 6.04 Å². The molecular weight excluding hydrogens is 182 g/mol. The minimum Gasteiger partial charge on any atom is -0.480 e. The Bertz CT molecular complexity index is 254. The first-order valence-electron chi connectivity index (χ1n) is 5.19. The average Bonchev–Trinajstić information content (AvgIpc) is 2.56. The van der Waals surface area contributed by atoms with Gasteiger partial charge in [-0.3, -0.25) is 4.79 Å². The Morgan fingerprint density at radius 2 is 2.07 bits per heavy atom. The van der Waals surface area contributed by atoms with Crippen molar-refractivity contribution < 1.29 is 14.7 Å². The molecule has 2 fully saturated rings. The summed E-state index contributed by atoms with van der Waals surface area (Å²) >= 11 is 0. The maximum Gasteiger partial charge on any atom is 0.326 e. The Morgan fingerprint density at radius 3 is 2.71 bits per heavy atom. The quantitative estimate of drug-likeness (QED) is 0.668. The van der Waals surface area contributed by atoms with Gasteiger partial charge in [-0.15, -0.1) is 0 Å². The van der Waals surface area contributed by atoms with Crippen LogP contribution in [-0.4, -0.2) is 34.5 Å². The molecule has 0 aromatic carbocycles. The van der Waals surface area contributed by atoms with Crippen LogP contribution in [-0.2, 0) is 9.59 Å². The molecule has 2 rings (SSSR count). The summed E-state index contributed by atoms with van der Waals surface area (Å²) < 4.78 is 0. The van der Waals surface area contributed by atoms with Crippen LogP contribution in [0.15, 0.2) is 0 Å². The lowest BCUT2D eigenvalue weighted by Crippen LogP contribution is -2.41. The first-order valence-corrected chi connectivity index (χ1v) is 5.19. The third-order valence-electron chi connectivity index (χ3n) is 3.54. The van der Waals surface area contributed by atoms with Crippen molar-refractivity contribution in [2.75, 3.05) is 0 Å². The van der Waals surface area contributed by atoms with Crippen LogP contribution in [0.25, 0.3) is 0 Å². The molecule has 0 aromatic rings. The van der Waals surface area contributed by atoms with Crippen LogP contribution < -0.4 is 0 Å². The summed E-state index contributed by atoms with van der Waals surface area (Å²) in [5.74, 6) is -0.429. The van der Waals surface area contributed by atoms with E-state index in [-0.39, 0.29) is 6.04 Å². The van der Waals surface area contributed by atoms with Gasteiger partial charge in [0.05, 0.1) is 0 Å². The lowest BCUT2D eigenvalue weighted by atomic mass is 9.85. The second kappa shape index (κ2) is 3.59. The fourth-order valence-electron chi connectivity index (χ4n) is 2.88. The number of carbonyl (C=O) groups excluding carboxylic acids is 1. The van der Waals surface area contributed by atoms with Crippen LogP contribution in [0.1, 0.15) is 32.1 Å². The fourth-order valence-corrected chi connectivity index (χ4v) is 2.88. The van der Waals surface area contributed by atoms with Crippen molar-refractivity contribution in [1.82, 2.24) is 4.90 Å². The summed E-state index contributed by atoms with van der Waals surface area (Å²) in [7, 11) is 0. The molecule has 1 saturated carbocycles. The predicted octanol–water partition coefficient (Wildman–Crippen LogP) is 0.860. The highest BCUT2D eigenvalue weighted by Crippen LogP contribution is 2.38. The molecule has 14 heavy (non-hydrogen) atoms. The highest BCUT2D eigenvalue weighted by Gasteiger charge is 2.44. The van der Waals surface area contributed by atoms with Crippen molar-refractivity contribution in [1.29, 1.82) is 0 Å². The number of carbonyl (C=O) groups is 2. The molecule has 1 aliphatic carbocycles. The molecule has 0 unspecified atom stereocenters. The Balaban J connectivity index is 2.16. The molecule has 1 amide bonds. The number of hydrogen-bond donors (Lipinski definition) is 1. The minimum absolute atomic E-state index is 0.197. The lowest BCUT2D eigenvalue weighted by Gasteiger charge is -2.29. The zero-order chi connectivity index (χ0) is 10.1. The van der Waals surface area contributed by atoms with Crippen molar-refractivity contribution >= 4 is 12.4 Å². The molecule has 78 valence electrons. The van der Waals surface area contributed by atoms with E-state index in [9.17, 15) is 9.59 Å². The molecule has 0 aromatic heterocycles. The average molecular weight is 197 g/mol. The van der Waals surface area contributed by atoms with Crippen LogP contribution in [0.2, 0.25) is 0 Å². The maximum absolute atomic E-state index is 10.9. The number of fused-ring (bicyclic) bond motifs is 1. The van der Waals surface area contributed by atoms with E-state index in [0.29, 0.717) is 12.3 Å². The number of likely N-dealkylation sites (tertiary alicyclic amines) is 1. The fraction of sp³-hybridized carbons (Fsp3) is 0.800. The smallest absolute Gasteiger partial charge is 0.326 e. The molecule has 0 bridgehead atoms. The van der Waals surface area contributed by atoms with Crippen LogP contribution in [0.3, 0.4) is 0 Å². The van der Waals surface area contributed by atoms with E-state index in [0.717, 1.165) is 25.7 Å². The first-order chi connectivity index (χ1) is 6.74. The van der Waals surface area contributed by atoms with E-state index in [1.807, 2.05) is 0 Å². The second-order valence-corrected chi connectivity index (χ2v) is 4.25. The van der Waals surface area contributed by atoms with E-state index in [1.165, 1.54) is 11.3 Å². The number of hydrogen-bond acceptors (Lipinski definition) is 2. The largest absolute Gasteiger partial charge is 0.480 e. The van der Waals surface area contributed by atoms with Gasteiger partial charge < -0.3 is 10.0 Å². The first kappa shape index (κ1) is 9.49. The number of nitrogens with zero attached hydrogens (tertiary/aromatic N) is 1. The molecule has 1 aliphatic heterocycles. The van der Waals surface area contributed by atoms with Crippen molar-refractivity contribution in [3.63, 3.8) is 0 Å². The standard InChI is InChI=1S/C10H15NO3/c12-6-11-8-4-2-1-3-7(8)5-9(11)10(13)14/h6-9H,1-5H2,(H,13,14)/t7-,8-,9-/m0/s1. The van der Waals surface area contributed by atoms with Crippen molar-refractivity contribution in [2.24, 2.45) is 5.92 Å². The highest BCUT2D eigenvalue weighted by molar-refractivity contribution is 5.77. The normalized spacial score (nSPS) is 36.6. The lowest BCUT2D eigenvalue weighted by molar-refractivity contribution is -0.145. The Kier molecular flexibility index (Phi) is 2.44. The van der Waals surface area contributed by atoms with E-state index >= 15 is 0 Å². The Morgan fingerprint density at radius 1 is 1.36 bits per heavy atom. The van der Waals surface area contributed by atoms with E-state index < -0.39 is 12.0 Å². The topological polar surface area (TPSA) is 57.6 Å². The predicted molar refractivity (Wildman–Crippen MR) is 49.7 cm³/mol. The zero-order valence-corrected chi connectivity index (χ0v) is 8.06. The number of aliphatic carboxylic acids is 1. The number of amides is 1. The van der Waals surface area contributed by atoms with Gasteiger partial charge >= 0.3 is 5.97 Å². The van der Waals surface area contributed by atoms with E-state index in [1.54, 1.807) is 0 Å². The monoisotopic (exact) mass is 197 g/mol. The molecule has 1 saturated heterocycles. The molecule has 2 aliphatic rings. The molecule has 4 nitrogen and oxygen atoms in total. The zero-order valence-electron chi connectivity index (χ0n) is 8.06. The van der Waals surface area contributed by atoms with Gasteiger partial charge in [0.25, 0.3) is 0 Å². The van der Waals surface area contributed by atoms with Gasteiger partial charge in [-0.1, -0.05) is 12.8 Å². The van der Waals surface area contributed by atoms with Gasteiger partial charge in [-0.2, -0.15) is 0 Å². The SMILES string of the molecule is O=CN1[C@H](C(=O)O)C[C@@H]2CCCC[C@@H]21. The summed E-state index contributed by atoms with van der Waals surface area (Å²) in [5, 5.41) is 8.96. The second-order valence-electron chi connectivity index (χ2n) is 4.25. The number of rotatable bonds is 2. The third kappa shape index (κ3) is 1.38. The van der Waals surface area contributed by atoms with E-state index in [2.05, 4.69) is 0 Å². The Labute approximate surface area is 82.9 Å². The van der Waals surface area contributed by atoms with Gasteiger partial charge in [0, 0.05) is 6.04 Å². The third-order valence-corrected chi connectivity index (χ3v) is 3.54. The van der Waals surface area contributed by atoms with Gasteiger partial charge in [-0.05, 0) is 25.2 Å².